The van der Waals surface area contributed by atoms with Crippen molar-refractivity contribution in [1.82, 2.24) is 4.57 Å². The summed E-state index contributed by atoms with van der Waals surface area (Å²) < 4.78 is 27.7. The van der Waals surface area contributed by atoms with Gasteiger partial charge in [-0.1, -0.05) is 41.9 Å². The van der Waals surface area contributed by atoms with E-state index in [4.69, 9.17) is 11.6 Å². The van der Waals surface area contributed by atoms with E-state index in [0.717, 1.165) is 11.1 Å². The van der Waals surface area contributed by atoms with Gasteiger partial charge in [-0.3, -0.25) is 4.79 Å². The number of aromatic nitrogens is 1. The van der Waals surface area contributed by atoms with Crippen molar-refractivity contribution in [2.24, 2.45) is 7.05 Å². The summed E-state index contributed by atoms with van der Waals surface area (Å²) >= 11 is 5.91. The van der Waals surface area contributed by atoms with Crippen molar-refractivity contribution < 1.29 is 13.6 Å². The van der Waals surface area contributed by atoms with E-state index in [2.05, 4.69) is 5.32 Å². The number of halogens is 3. The number of nitrogens with one attached hydrogen (secondary N) is 1. The van der Waals surface area contributed by atoms with Crippen molar-refractivity contribution in [2.75, 3.05) is 5.32 Å². The van der Waals surface area contributed by atoms with Crippen LogP contribution in [0.5, 0.6) is 0 Å². The molecule has 0 aliphatic carbocycles. The lowest BCUT2D eigenvalue weighted by atomic mass is 10.0. The Kier molecular flexibility index (Phi) is 4.86. The second-order valence-corrected chi connectivity index (χ2v) is 6.04. The summed E-state index contributed by atoms with van der Waals surface area (Å²) in [7, 11) is 1.60. The van der Waals surface area contributed by atoms with Crippen LogP contribution in [0.15, 0.2) is 60.9 Å². The Balaban J connectivity index is 1.94. The Morgan fingerprint density at radius 1 is 1.08 bits per heavy atom. The normalized spacial score (nSPS) is 10.9. The molecule has 0 aliphatic heterocycles. The van der Waals surface area contributed by atoms with Crippen LogP contribution < -0.4 is 5.32 Å². The molecule has 0 spiro atoms. The highest BCUT2D eigenvalue weighted by Crippen LogP contribution is 2.30. The Labute approximate surface area is 148 Å². The highest BCUT2D eigenvalue weighted by Gasteiger charge is 2.21. The largest absolute Gasteiger partial charge is 0.356 e. The Hall–Kier alpha value is -2.66. The summed E-state index contributed by atoms with van der Waals surface area (Å²) in [5, 5.41) is 3.34. The van der Waals surface area contributed by atoms with Crippen molar-refractivity contribution >= 4 is 23.2 Å². The Morgan fingerprint density at radius 3 is 2.44 bits per heavy atom. The molecule has 0 unspecified atom stereocenters. The van der Waals surface area contributed by atoms with Gasteiger partial charge in [0.25, 0.3) is 12.3 Å². The van der Waals surface area contributed by atoms with E-state index < -0.39 is 12.3 Å². The first-order valence-electron chi connectivity index (χ1n) is 7.56. The van der Waals surface area contributed by atoms with Crippen LogP contribution >= 0.6 is 11.6 Å². The van der Waals surface area contributed by atoms with Crippen LogP contribution in [-0.2, 0) is 7.05 Å². The van der Waals surface area contributed by atoms with Gasteiger partial charge in [-0.05, 0) is 23.8 Å². The average Bonchev–Trinajstić information content (AvgIpc) is 2.99. The van der Waals surface area contributed by atoms with Crippen LogP contribution in [-0.4, -0.2) is 10.5 Å². The first-order valence-corrected chi connectivity index (χ1v) is 7.94. The number of hydrogen-bond acceptors (Lipinski definition) is 1. The monoisotopic (exact) mass is 360 g/mol. The van der Waals surface area contributed by atoms with Crippen LogP contribution in [0.4, 0.5) is 14.5 Å². The van der Waals surface area contributed by atoms with Gasteiger partial charge in [0.2, 0.25) is 0 Å². The van der Waals surface area contributed by atoms with E-state index in [9.17, 15) is 13.6 Å². The third kappa shape index (κ3) is 3.72. The molecule has 3 aromatic rings. The smallest absolute Gasteiger partial charge is 0.266 e. The number of rotatable bonds is 4. The fourth-order valence-electron chi connectivity index (χ4n) is 2.63. The summed E-state index contributed by atoms with van der Waals surface area (Å²) in [5.41, 5.74) is 1.86. The number of para-hydroxylation sites is 1. The molecule has 0 saturated carbocycles. The molecule has 1 aromatic heterocycles. The maximum Gasteiger partial charge on any atom is 0.266 e. The molecule has 128 valence electrons. The molecule has 0 fully saturated rings. The number of aryl methyl sites for hydroxylation is 1. The van der Waals surface area contributed by atoms with Crippen molar-refractivity contribution in [3.05, 3.63) is 77.1 Å². The summed E-state index contributed by atoms with van der Waals surface area (Å²) in [6.45, 7) is 0. The second kappa shape index (κ2) is 7.07. The maximum absolute atomic E-state index is 13.1. The molecule has 2 aromatic carbocycles. The first kappa shape index (κ1) is 17.2. The summed E-state index contributed by atoms with van der Waals surface area (Å²) in [4.78, 5) is 12.5. The minimum absolute atomic E-state index is 0.0385. The second-order valence-electron chi connectivity index (χ2n) is 5.60. The number of carbonyl (C=O) groups is 1. The molecular weight excluding hydrogens is 346 g/mol. The van der Waals surface area contributed by atoms with Gasteiger partial charge in [-0.15, -0.1) is 0 Å². The Bertz CT molecular complexity index is 904. The van der Waals surface area contributed by atoms with Crippen molar-refractivity contribution in [1.29, 1.82) is 0 Å². The van der Waals surface area contributed by atoms with Crippen molar-refractivity contribution in [2.45, 2.75) is 6.43 Å². The van der Waals surface area contributed by atoms with Gasteiger partial charge in [-0.2, -0.15) is 0 Å². The zero-order valence-electron chi connectivity index (χ0n) is 13.3. The van der Waals surface area contributed by atoms with E-state index in [1.54, 1.807) is 31.3 Å². The van der Waals surface area contributed by atoms with E-state index in [1.807, 2.05) is 24.3 Å². The van der Waals surface area contributed by atoms with Crippen molar-refractivity contribution in [3.63, 3.8) is 0 Å². The molecule has 1 amide bonds. The van der Waals surface area contributed by atoms with Crippen LogP contribution in [0.2, 0.25) is 5.02 Å². The molecule has 6 heteroatoms. The van der Waals surface area contributed by atoms with Crippen LogP contribution in [0.25, 0.3) is 11.1 Å². The number of anilines is 1. The third-order valence-electron chi connectivity index (χ3n) is 3.80. The zero-order valence-corrected chi connectivity index (χ0v) is 14.1. The molecule has 0 radical (unpaired) electrons. The fraction of sp³-hybridized carbons (Fsp3) is 0.105. The molecule has 3 nitrogen and oxygen atoms in total. The maximum atomic E-state index is 13.1. The molecule has 0 saturated heterocycles. The molecule has 25 heavy (non-hydrogen) atoms. The van der Waals surface area contributed by atoms with Crippen LogP contribution in [0.1, 0.15) is 22.3 Å². The quantitative estimate of drug-likeness (QED) is 0.651. The van der Waals surface area contributed by atoms with Gasteiger partial charge >= 0.3 is 0 Å². The number of alkyl halides is 2. The number of hydrogen-bond donors (Lipinski definition) is 1. The lowest BCUT2D eigenvalue weighted by Crippen LogP contribution is -2.13. The number of carbonyl (C=O) groups excluding carboxylic acids is 1. The summed E-state index contributed by atoms with van der Waals surface area (Å²) in [5.74, 6) is -0.572. The van der Waals surface area contributed by atoms with E-state index >= 15 is 0 Å². The topological polar surface area (TPSA) is 34.0 Å². The number of amides is 1. The number of benzene rings is 2. The lowest BCUT2D eigenvalue weighted by Gasteiger charge is -2.12. The minimum Gasteiger partial charge on any atom is -0.356 e. The molecule has 1 N–H and O–H groups in total. The molecule has 3 rings (SSSR count). The first-order chi connectivity index (χ1) is 12.0. The van der Waals surface area contributed by atoms with Crippen molar-refractivity contribution in [3.8, 4) is 11.1 Å². The predicted octanol–water partition coefficient (Wildman–Crippen LogP) is 5.54. The molecule has 1 heterocycles. The van der Waals surface area contributed by atoms with Gasteiger partial charge in [-0.25, -0.2) is 8.78 Å². The van der Waals surface area contributed by atoms with Gasteiger partial charge in [0.15, 0.2) is 0 Å². The standard InChI is InChI=1S/C19H15ClF2N2O/c1-24-10-15(18(21)22)16(11-24)19(25)23-17-5-3-2-4-14(17)12-6-8-13(20)9-7-12/h2-11,18H,1H3,(H,23,25). The van der Waals surface area contributed by atoms with Gasteiger partial charge in [0, 0.05) is 41.3 Å². The minimum atomic E-state index is -2.71. The molecule has 0 bridgehead atoms. The average molecular weight is 361 g/mol. The number of nitrogens with zero attached hydrogens (tertiary/aromatic N) is 1. The molecule has 0 atom stereocenters. The lowest BCUT2D eigenvalue weighted by molar-refractivity contribution is 0.101. The van der Waals surface area contributed by atoms with Gasteiger partial charge < -0.3 is 9.88 Å². The highest BCUT2D eigenvalue weighted by molar-refractivity contribution is 6.30. The fourth-order valence-corrected chi connectivity index (χ4v) is 2.76. The van der Waals surface area contributed by atoms with Crippen LogP contribution in [0.3, 0.4) is 0 Å². The van der Waals surface area contributed by atoms with E-state index in [0.29, 0.717) is 10.7 Å². The van der Waals surface area contributed by atoms with Gasteiger partial charge in [0.1, 0.15) is 0 Å². The molecule has 0 aliphatic rings. The predicted molar refractivity (Wildman–Crippen MR) is 95.2 cm³/mol. The SMILES string of the molecule is Cn1cc(C(=O)Nc2ccccc2-c2ccc(Cl)cc2)c(C(F)F)c1. The van der Waals surface area contributed by atoms with Crippen LogP contribution in [0, 0.1) is 0 Å². The van der Waals surface area contributed by atoms with E-state index in [-0.39, 0.29) is 11.1 Å². The van der Waals surface area contributed by atoms with E-state index in [1.165, 1.54) is 17.0 Å². The molecular formula is C19H15ClF2N2O. The summed E-state index contributed by atoms with van der Waals surface area (Å²) in [6, 6.07) is 14.4. The highest BCUT2D eigenvalue weighted by atomic mass is 35.5. The third-order valence-corrected chi connectivity index (χ3v) is 4.05. The zero-order chi connectivity index (χ0) is 18.0. The summed E-state index contributed by atoms with van der Waals surface area (Å²) in [6.07, 6.45) is -0.0691. The van der Waals surface area contributed by atoms with Gasteiger partial charge in [0.05, 0.1) is 5.56 Å². The Morgan fingerprint density at radius 2 is 1.76 bits per heavy atom.